The summed E-state index contributed by atoms with van der Waals surface area (Å²) in [6, 6.07) is 8.05. The van der Waals surface area contributed by atoms with Gasteiger partial charge in [0.15, 0.2) is 0 Å². The minimum atomic E-state index is 0.772. The minimum absolute atomic E-state index is 0.772. The van der Waals surface area contributed by atoms with E-state index in [-0.39, 0.29) is 0 Å². The molecule has 16 heavy (non-hydrogen) atoms. The van der Waals surface area contributed by atoms with Gasteiger partial charge in [-0.2, -0.15) is 0 Å². The van der Waals surface area contributed by atoms with Crippen LogP contribution in [0.2, 0.25) is 5.02 Å². The van der Waals surface area contributed by atoms with Crippen LogP contribution in [-0.2, 0) is 6.54 Å². The molecule has 0 spiro atoms. The minimum Gasteiger partial charge on any atom is -0.370 e. The second kappa shape index (κ2) is 3.83. The molecule has 1 aromatic heterocycles. The smallest absolute Gasteiger partial charge is 0.117 e. The lowest BCUT2D eigenvalue weighted by molar-refractivity contribution is 0.863. The van der Waals surface area contributed by atoms with Crippen LogP contribution in [0.25, 0.3) is 10.9 Å². The van der Waals surface area contributed by atoms with E-state index in [1.807, 2.05) is 18.2 Å². The van der Waals surface area contributed by atoms with Gasteiger partial charge in [-0.1, -0.05) is 17.7 Å². The van der Waals surface area contributed by atoms with Crippen LogP contribution < -0.4 is 5.32 Å². The summed E-state index contributed by atoms with van der Waals surface area (Å²) < 4.78 is 2.17. The highest BCUT2D eigenvalue weighted by atomic mass is 35.5. The third kappa shape index (κ3) is 1.67. The van der Waals surface area contributed by atoms with Gasteiger partial charge in [-0.15, -0.1) is 0 Å². The van der Waals surface area contributed by atoms with E-state index in [1.54, 1.807) is 0 Å². The summed E-state index contributed by atoms with van der Waals surface area (Å²) in [5.74, 6) is 1.05. The summed E-state index contributed by atoms with van der Waals surface area (Å²) in [5, 5.41) is 5.25. The SMILES string of the molecule is Clc1ccc2ccn(CC3=NCCN3)c2c1. The van der Waals surface area contributed by atoms with Gasteiger partial charge in [0.2, 0.25) is 0 Å². The van der Waals surface area contributed by atoms with Crippen molar-refractivity contribution in [1.82, 2.24) is 9.88 Å². The molecule has 0 radical (unpaired) electrons. The van der Waals surface area contributed by atoms with Gasteiger partial charge in [-0.25, -0.2) is 0 Å². The van der Waals surface area contributed by atoms with Crippen molar-refractivity contribution in [3.05, 3.63) is 35.5 Å². The highest BCUT2D eigenvalue weighted by Gasteiger charge is 2.07. The van der Waals surface area contributed by atoms with E-state index >= 15 is 0 Å². The quantitative estimate of drug-likeness (QED) is 0.848. The predicted octanol–water partition coefficient (Wildman–Crippen LogP) is 2.30. The number of aromatic nitrogens is 1. The molecule has 0 saturated heterocycles. The Morgan fingerprint density at radius 1 is 1.38 bits per heavy atom. The molecule has 1 aromatic carbocycles. The largest absolute Gasteiger partial charge is 0.370 e. The molecule has 0 atom stereocenters. The van der Waals surface area contributed by atoms with Crippen molar-refractivity contribution in [1.29, 1.82) is 0 Å². The topological polar surface area (TPSA) is 29.3 Å². The van der Waals surface area contributed by atoms with E-state index in [0.717, 1.165) is 36.0 Å². The van der Waals surface area contributed by atoms with Gasteiger partial charge in [-0.3, -0.25) is 4.99 Å². The predicted molar refractivity (Wildman–Crippen MR) is 67.3 cm³/mol. The van der Waals surface area contributed by atoms with E-state index in [1.165, 1.54) is 5.39 Å². The Bertz CT molecular complexity index is 556. The molecule has 2 aromatic rings. The van der Waals surface area contributed by atoms with E-state index in [0.29, 0.717) is 0 Å². The number of amidine groups is 1. The van der Waals surface area contributed by atoms with Crippen LogP contribution in [0.5, 0.6) is 0 Å². The van der Waals surface area contributed by atoms with Gasteiger partial charge in [0.25, 0.3) is 0 Å². The van der Waals surface area contributed by atoms with Crippen LogP contribution in [0, 0.1) is 0 Å². The average molecular weight is 234 g/mol. The molecule has 4 heteroatoms. The number of aliphatic imine (C=N–C) groups is 1. The molecule has 82 valence electrons. The van der Waals surface area contributed by atoms with E-state index in [2.05, 4.69) is 27.1 Å². The molecule has 0 unspecified atom stereocenters. The van der Waals surface area contributed by atoms with Crippen LogP contribution in [-0.4, -0.2) is 23.5 Å². The number of rotatable bonds is 2. The zero-order valence-corrected chi connectivity index (χ0v) is 9.54. The van der Waals surface area contributed by atoms with E-state index < -0.39 is 0 Å². The first-order valence-electron chi connectivity index (χ1n) is 5.34. The van der Waals surface area contributed by atoms with E-state index in [9.17, 15) is 0 Å². The first kappa shape index (κ1) is 9.73. The number of nitrogens with zero attached hydrogens (tertiary/aromatic N) is 2. The monoisotopic (exact) mass is 233 g/mol. The fraction of sp³-hybridized carbons (Fsp3) is 0.250. The average Bonchev–Trinajstić information content (AvgIpc) is 2.90. The lowest BCUT2D eigenvalue weighted by Gasteiger charge is -2.06. The Morgan fingerprint density at radius 3 is 3.12 bits per heavy atom. The van der Waals surface area contributed by atoms with Crippen molar-refractivity contribution in [3.8, 4) is 0 Å². The summed E-state index contributed by atoms with van der Waals surface area (Å²) in [6.07, 6.45) is 2.07. The van der Waals surface area contributed by atoms with Crippen LogP contribution in [0.1, 0.15) is 0 Å². The van der Waals surface area contributed by atoms with Gasteiger partial charge in [-0.05, 0) is 23.6 Å². The summed E-state index contributed by atoms with van der Waals surface area (Å²) in [7, 11) is 0. The van der Waals surface area contributed by atoms with Crippen molar-refractivity contribution in [2.45, 2.75) is 6.54 Å². The van der Waals surface area contributed by atoms with Crippen LogP contribution in [0.3, 0.4) is 0 Å². The summed E-state index contributed by atoms with van der Waals surface area (Å²) in [5.41, 5.74) is 1.16. The van der Waals surface area contributed by atoms with Gasteiger partial charge >= 0.3 is 0 Å². The van der Waals surface area contributed by atoms with Crippen molar-refractivity contribution in [3.63, 3.8) is 0 Å². The van der Waals surface area contributed by atoms with E-state index in [4.69, 9.17) is 11.6 Å². The van der Waals surface area contributed by atoms with Gasteiger partial charge in [0.05, 0.1) is 13.1 Å². The van der Waals surface area contributed by atoms with Gasteiger partial charge < -0.3 is 9.88 Å². The van der Waals surface area contributed by atoms with Crippen LogP contribution in [0.15, 0.2) is 35.5 Å². The molecule has 0 bridgehead atoms. The maximum absolute atomic E-state index is 6.01. The number of fused-ring (bicyclic) bond motifs is 1. The highest BCUT2D eigenvalue weighted by Crippen LogP contribution is 2.20. The molecular weight excluding hydrogens is 222 g/mol. The molecule has 2 heterocycles. The molecule has 1 aliphatic heterocycles. The zero-order valence-electron chi connectivity index (χ0n) is 8.78. The third-order valence-electron chi connectivity index (χ3n) is 2.80. The maximum atomic E-state index is 6.01. The van der Waals surface area contributed by atoms with Crippen molar-refractivity contribution >= 4 is 28.3 Å². The maximum Gasteiger partial charge on any atom is 0.117 e. The van der Waals surface area contributed by atoms with Crippen molar-refractivity contribution < 1.29 is 0 Å². The van der Waals surface area contributed by atoms with Gasteiger partial charge in [0.1, 0.15) is 5.84 Å². The molecular formula is C12H12ClN3. The Balaban J connectivity index is 1.99. The van der Waals surface area contributed by atoms with Crippen molar-refractivity contribution in [2.75, 3.05) is 13.1 Å². The molecule has 3 rings (SSSR count). The molecule has 0 fully saturated rings. The molecule has 0 amide bonds. The first-order chi connectivity index (χ1) is 7.83. The number of hydrogen-bond acceptors (Lipinski definition) is 2. The fourth-order valence-electron chi connectivity index (χ4n) is 2.01. The molecule has 0 aliphatic carbocycles. The zero-order chi connectivity index (χ0) is 11.0. The number of nitrogens with one attached hydrogen (secondary N) is 1. The molecule has 3 nitrogen and oxygen atoms in total. The second-order valence-electron chi connectivity index (χ2n) is 3.90. The first-order valence-corrected chi connectivity index (χ1v) is 5.72. The van der Waals surface area contributed by atoms with Crippen molar-refractivity contribution in [2.24, 2.45) is 4.99 Å². The standard InChI is InChI=1S/C12H12ClN3/c13-10-2-1-9-3-6-16(11(9)7-10)8-12-14-4-5-15-12/h1-3,6-7H,4-5,8H2,(H,14,15). The van der Waals surface area contributed by atoms with Crippen LogP contribution in [0.4, 0.5) is 0 Å². The molecule has 1 N–H and O–H groups in total. The fourth-order valence-corrected chi connectivity index (χ4v) is 2.18. The highest BCUT2D eigenvalue weighted by molar-refractivity contribution is 6.31. The normalized spacial score (nSPS) is 15.2. The van der Waals surface area contributed by atoms with Crippen LogP contribution >= 0.6 is 11.6 Å². The Morgan fingerprint density at radius 2 is 2.31 bits per heavy atom. The Kier molecular flexibility index (Phi) is 2.33. The summed E-state index contributed by atoms with van der Waals surface area (Å²) >= 11 is 6.01. The summed E-state index contributed by atoms with van der Waals surface area (Å²) in [4.78, 5) is 4.39. The Labute approximate surface area is 98.7 Å². The van der Waals surface area contributed by atoms with Gasteiger partial charge in [0, 0.05) is 23.3 Å². The number of hydrogen-bond donors (Lipinski definition) is 1. The second-order valence-corrected chi connectivity index (χ2v) is 4.34. The molecule has 0 saturated carbocycles. The lowest BCUT2D eigenvalue weighted by Crippen LogP contribution is -2.23. The number of halogens is 1. The molecule has 1 aliphatic rings. The lowest BCUT2D eigenvalue weighted by atomic mass is 10.2. The summed E-state index contributed by atoms with van der Waals surface area (Å²) in [6.45, 7) is 2.63. The Hall–Kier alpha value is -1.48. The number of benzene rings is 1. The third-order valence-corrected chi connectivity index (χ3v) is 3.03.